The molecule has 2 heteroatoms. The molecule has 0 aliphatic rings. The molecule has 0 N–H and O–H groups in total. The third-order valence-corrected chi connectivity index (χ3v) is 1.73. The minimum absolute atomic E-state index is 0.645. The Hall–Kier alpha value is -0.0831. The third-order valence-electron chi connectivity index (χ3n) is 0.956. The topological polar surface area (TPSA) is 9.23 Å². The molecule has 0 aromatic rings. The van der Waals surface area contributed by atoms with Gasteiger partial charge in [0.05, 0.1) is 0 Å². The van der Waals surface area contributed by atoms with E-state index in [-0.39, 0.29) is 0 Å². The number of hydrogen-bond acceptors (Lipinski definition) is 1. The van der Waals surface area contributed by atoms with Crippen molar-refractivity contribution in [3.05, 3.63) is 12.2 Å². The predicted molar refractivity (Wildman–Crippen MR) is 46.2 cm³/mol. The van der Waals surface area contributed by atoms with Gasteiger partial charge in [0, 0.05) is 6.61 Å². The summed E-state index contributed by atoms with van der Waals surface area (Å²) >= 11 is 0. The second-order valence-electron chi connectivity index (χ2n) is 2.62. The molecule has 0 aliphatic carbocycles. The van der Waals surface area contributed by atoms with Crippen LogP contribution in [0.5, 0.6) is 0 Å². The van der Waals surface area contributed by atoms with Gasteiger partial charge in [-0.15, -0.1) is 0 Å². The van der Waals surface area contributed by atoms with Gasteiger partial charge >= 0.3 is 0 Å². The molecular formula is C8H16OSi. The van der Waals surface area contributed by atoms with Crippen LogP contribution >= 0.6 is 0 Å². The van der Waals surface area contributed by atoms with Crippen molar-refractivity contribution in [2.45, 2.75) is 26.8 Å². The fourth-order valence-electron chi connectivity index (χ4n) is 0.450. The Balaban J connectivity index is 2.91. The first-order chi connectivity index (χ1) is 4.77. The first-order valence-electron chi connectivity index (χ1n) is 3.73. The van der Waals surface area contributed by atoms with Crippen LogP contribution in [0.3, 0.4) is 0 Å². The van der Waals surface area contributed by atoms with Crippen LogP contribution in [0.2, 0.25) is 6.04 Å². The Kier molecular flexibility index (Phi) is 6.97. The van der Waals surface area contributed by atoms with Crippen LogP contribution in [0.15, 0.2) is 12.2 Å². The second-order valence-corrected chi connectivity index (χ2v) is 3.61. The van der Waals surface area contributed by atoms with Gasteiger partial charge in [0.25, 0.3) is 0 Å². The molecule has 2 radical (unpaired) electrons. The molecule has 0 aromatic carbocycles. The third kappa shape index (κ3) is 7.92. The molecular weight excluding hydrogens is 140 g/mol. The highest BCUT2D eigenvalue weighted by Gasteiger charge is 1.92. The molecule has 0 saturated heterocycles. The van der Waals surface area contributed by atoms with Crippen LogP contribution in [-0.4, -0.2) is 16.4 Å². The zero-order valence-corrected chi connectivity index (χ0v) is 8.05. The fourth-order valence-corrected chi connectivity index (χ4v) is 1.35. The van der Waals surface area contributed by atoms with Gasteiger partial charge in [0.1, 0.15) is 0 Å². The number of rotatable bonds is 5. The van der Waals surface area contributed by atoms with Crippen molar-refractivity contribution in [1.82, 2.24) is 0 Å². The summed E-state index contributed by atoms with van der Waals surface area (Å²) < 4.78 is 5.37. The maximum absolute atomic E-state index is 5.37. The van der Waals surface area contributed by atoms with E-state index in [0.29, 0.717) is 15.7 Å². The molecule has 0 atom stereocenters. The van der Waals surface area contributed by atoms with E-state index in [4.69, 9.17) is 4.43 Å². The highest BCUT2D eigenvalue weighted by molar-refractivity contribution is 6.27. The van der Waals surface area contributed by atoms with Gasteiger partial charge in [0.2, 0.25) is 9.76 Å². The normalized spacial score (nSPS) is 11.6. The molecule has 0 spiro atoms. The smallest absolute Gasteiger partial charge is 0.233 e. The Morgan fingerprint density at radius 1 is 1.50 bits per heavy atom. The van der Waals surface area contributed by atoms with E-state index in [1.807, 2.05) is 6.92 Å². The highest BCUT2D eigenvalue weighted by atomic mass is 28.2. The van der Waals surface area contributed by atoms with Crippen molar-refractivity contribution in [3.8, 4) is 0 Å². The van der Waals surface area contributed by atoms with Crippen molar-refractivity contribution < 1.29 is 4.43 Å². The van der Waals surface area contributed by atoms with E-state index >= 15 is 0 Å². The predicted octanol–water partition coefficient (Wildman–Crippen LogP) is 2.27. The van der Waals surface area contributed by atoms with Crippen molar-refractivity contribution in [1.29, 1.82) is 0 Å². The van der Waals surface area contributed by atoms with Gasteiger partial charge in [-0.1, -0.05) is 26.0 Å². The summed E-state index contributed by atoms with van der Waals surface area (Å²) in [5.41, 5.74) is 0. The zero-order valence-electron chi connectivity index (χ0n) is 7.05. The summed E-state index contributed by atoms with van der Waals surface area (Å²) in [6, 6.07) is 1.07. The average Bonchev–Trinajstić information content (AvgIpc) is 1.87. The van der Waals surface area contributed by atoms with Crippen LogP contribution in [0.4, 0.5) is 0 Å². The molecule has 0 amide bonds. The maximum atomic E-state index is 5.37. The molecule has 0 saturated carbocycles. The highest BCUT2D eigenvalue weighted by Crippen LogP contribution is 1.92. The second kappa shape index (κ2) is 7.03. The van der Waals surface area contributed by atoms with E-state index < -0.39 is 0 Å². The van der Waals surface area contributed by atoms with Crippen molar-refractivity contribution in [2.24, 2.45) is 5.92 Å². The van der Waals surface area contributed by atoms with E-state index in [0.717, 1.165) is 12.7 Å². The molecule has 0 unspecified atom stereocenters. The maximum Gasteiger partial charge on any atom is 0.233 e. The first kappa shape index (κ1) is 9.92. The molecule has 0 fully saturated rings. The number of hydrogen-bond donors (Lipinski definition) is 0. The standard InChI is InChI=1S/C8H16OSi/c1-4-5-6-10-9-7-8(2)3/h4-5,8H,6-7H2,1-3H3/b5-4+. The summed E-state index contributed by atoms with van der Waals surface area (Å²) in [5, 5.41) is 0. The quantitative estimate of drug-likeness (QED) is 0.337. The Morgan fingerprint density at radius 2 is 2.20 bits per heavy atom. The molecule has 0 aromatic heterocycles. The van der Waals surface area contributed by atoms with Crippen molar-refractivity contribution >= 4 is 9.76 Å². The van der Waals surface area contributed by atoms with Crippen LogP contribution in [0.25, 0.3) is 0 Å². The van der Waals surface area contributed by atoms with Crippen LogP contribution < -0.4 is 0 Å². The molecule has 58 valence electrons. The van der Waals surface area contributed by atoms with Crippen LogP contribution in [0.1, 0.15) is 20.8 Å². The van der Waals surface area contributed by atoms with E-state index in [9.17, 15) is 0 Å². The largest absolute Gasteiger partial charge is 0.417 e. The summed E-state index contributed by atoms with van der Waals surface area (Å²) in [7, 11) is 0.645. The summed E-state index contributed by atoms with van der Waals surface area (Å²) in [5.74, 6) is 0.665. The van der Waals surface area contributed by atoms with Gasteiger partial charge in [-0.3, -0.25) is 0 Å². The number of allylic oxidation sites excluding steroid dienone is 2. The Morgan fingerprint density at radius 3 is 2.70 bits per heavy atom. The molecule has 0 rings (SSSR count). The zero-order chi connectivity index (χ0) is 7.82. The summed E-state index contributed by atoms with van der Waals surface area (Å²) in [6.07, 6.45) is 4.20. The monoisotopic (exact) mass is 156 g/mol. The molecule has 1 nitrogen and oxygen atoms in total. The van der Waals surface area contributed by atoms with Crippen molar-refractivity contribution in [3.63, 3.8) is 0 Å². The van der Waals surface area contributed by atoms with Crippen LogP contribution in [-0.2, 0) is 4.43 Å². The molecule has 10 heavy (non-hydrogen) atoms. The molecule has 0 bridgehead atoms. The SMILES string of the molecule is C/C=C/C[Si]OCC(C)C. The summed E-state index contributed by atoms with van der Waals surface area (Å²) in [6.45, 7) is 7.27. The summed E-state index contributed by atoms with van der Waals surface area (Å²) in [4.78, 5) is 0. The van der Waals surface area contributed by atoms with Gasteiger partial charge in [-0.2, -0.15) is 0 Å². The van der Waals surface area contributed by atoms with E-state index in [1.165, 1.54) is 0 Å². The lowest BCUT2D eigenvalue weighted by molar-refractivity contribution is 0.285. The lowest BCUT2D eigenvalue weighted by Gasteiger charge is -2.02. The molecule has 0 heterocycles. The van der Waals surface area contributed by atoms with Crippen LogP contribution in [0, 0.1) is 5.92 Å². The van der Waals surface area contributed by atoms with Gasteiger partial charge in [-0.05, 0) is 18.9 Å². The minimum atomic E-state index is 0.645. The minimum Gasteiger partial charge on any atom is -0.417 e. The van der Waals surface area contributed by atoms with Crippen molar-refractivity contribution in [2.75, 3.05) is 6.61 Å². The lowest BCUT2D eigenvalue weighted by atomic mass is 10.2. The molecule has 0 aliphatic heterocycles. The Labute approximate surface area is 66.4 Å². The average molecular weight is 156 g/mol. The van der Waals surface area contributed by atoms with Gasteiger partial charge in [0.15, 0.2) is 0 Å². The first-order valence-corrected chi connectivity index (χ1v) is 4.84. The Bertz CT molecular complexity index is 89.3. The lowest BCUT2D eigenvalue weighted by Crippen LogP contribution is -2.04. The van der Waals surface area contributed by atoms with E-state index in [1.54, 1.807) is 0 Å². The van der Waals surface area contributed by atoms with E-state index in [2.05, 4.69) is 26.0 Å². The fraction of sp³-hybridized carbons (Fsp3) is 0.750. The van der Waals surface area contributed by atoms with Gasteiger partial charge in [-0.25, -0.2) is 0 Å². The van der Waals surface area contributed by atoms with Gasteiger partial charge < -0.3 is 4.43 Å².